The Morgan fingerprint density at radius 2 is 1.72 bits per heavy atom. The molecule has 0 saturated carbocycles. The van der Waals surface area contributed by atoms with E-state index in [0.29, 0.717) is 5.82 Å². The second-order valence-electron chi connectivity index (χ2n) is 6.04. The first-order valence-electron chi connectivity index (χ1n) is 8.57. The van der Waals surface area contributed by atoms with Crippen molar-refractivity contribution in [2.45, 2.75) is 32.7 Å². The molecule has 3 rings (SSSR count). The number of amides is 1. The van der Waals surface area contributed by atoms with Gasteiger partial charge in [0.1, 0.15) is 0 Å². The first-order valence-corrected chi connectivity index (χ1v) is 8.57. The van der Waals surface area contributed by atoms with Crippen molar-refractivity contribution < 1.29 is 4.79 Å². The van der Waals surface area contributed by atoms with E-state index < -0.39 is 0 Å². The highest BCUT2D eigenvalue weighted by Gasteiger charge is 2.19. The first kappa shape index (κ1) is 16.9. The Bertz CT molecular complexity index is 770. The van der Waals surface area contributed by atoms with Crippen LogP contribution in [0.15, 0.2) is 60.7 Å². The van der Waals surface area contributed by atoms with Crippen LogP contribution in [-0.4, -0.2) is 26.7 Å². The summed E-state index contributed by atoms with van der Waals surface area (Å²) in [6.45, 7) is 4.09. The molecule has 0 fully saturated rings. The van der Waals surface area contributed by atoms with Crippen LogP contribution in [0, 0.1) is 0 Å². The zero-order chi connectivity index (χ0) is 17.6. The van der Waals surface area contributed by atoms with E-state index in [2.05, 4.69) is 22.3 Å². The van der Waals surface area contributed by atoms with Crippen molar-refractivity contribution in [3.05, 3.63) is 66.5 Å². The van der Waals surface area contributed by atoms with Crippen LogP contribution in [0.2, 0.25) is 0 Å². The topological polar surface area (TPSA) is 59.8 Å². The predicted octanol–water partition coefficient (Wildman–Crippen LogP) is 3.85. The molecular formula is C20H22N4O. The summed E-state index contributed by atoms with van der Waals surface area (Å²) >= 11 is 0. The SMILES string of the molecule is CCC[C@@H](C)NC(=O)c1nc(-c2ccccc2)n(-c2ccccc2)n1. The minimum absolute atomic E-state index is 0.0985. The number of aromatic nitrogens is 3. The Morgan fingerprint density at radius 1 is 1.08 bits per heavy atom. The summed E-state index contributed by atoms with van der Waals surface area (Å²) in [7, 11) is 0. The summed E-state index contributed by atoms with van der Waals surface area (Å²) in [4.78, 5) is 17.0. The lowest BCUT2D eigenvalue weighted by Crippen LogP contribution is -2.33. The van der Waals surface area contributed by atoms with E-state index >= 15 is 0 Å². The van der Waals surface area contributed by atoms with Crippen LogP contribution >= 0.6 is 0 Å². The second kappa shape index (κ2) is 7.75. The molecule has 0 aliphatic rings. The lowest BCUT2D eigenvalue weighted by atomic mass is 10.2. The number of carbonyl (C=O) groups is 1. The molecule has 0 aliphatic carbocycles. The molecule has 0 aliphatic heterocycles. The average molecular weight is 334 g/mol. The molecular weight excluding hydrogens is 312 g/mol. The van der Waals surface area contributed by atoms with E-state index in [1.54, 1.807) is 4.68 Å². The molecule has 2 aromatic carbocycles. The first-order chi connectivity index (χ1) is 12.2. The third-order valence-corrected chi connectivity index (χ3v) is 3.94. The minimum atomic E-state index is -0.243. The van der Waals surface area contributed by atoms with Gasteiger partial charge in [-0.15, -0.1) is 5.10 Å². The molecule has 1 atom stereocenters. The van der Waals surface area contributed by atoms with Crippen molar-refractivity contribution in [1.82, 2.24) is 20.1 Å². The number of carbonyl (C=O) groups excluding carboxylic acids is 1. The fourth-order valence-corrected chi connectivity index (χ4v) is 2.73. The second-order valence-corrected chi connectivity index (χ2v) is 6.04. The highest BCUT2D eigenvalue weighted by atomic mass is 16.2. The van der Waals surface area contributed by atoms with Crippen molar-refractivity contribution in [3.8, 4) is 17.1 Å². The van der Waals surface area contributed by atoms with E-state index in [1.165, 1.54) is 0 Å². The Hall–Kier alpha value is -2.95. The maximum Gasteiger partial charge on any atom is 0.291 e. The fraction of sp³-hybridized carbons (Fsp3) is 0.250. The Morgan fingerprint density at radius 3 is 2.36 bits per heavy atom. The predicted molar refractivity (Wildman–Crippen MR) is 98.6 cm³/mol. The van der Waals surface area contributed by atoms with Crippen LogP contribution in [0.25, 0.3) is 17.1 Å². The van der Waals surface area contributed by atoms with Gasteiger partial charge in [-0.1, -0.05) is 61.9 Å². The van der Waals surface area contributed by atoms with Gasteiger partial charge >= 0.3 is 0 Å². The van der Waals surface area contributed by atoms with Gasteiger partial charge in [0.15, 0.2) is 5.82 Å². The largest absolute Gasteiger partial charge is 0.347 e. The molecule has 0 radical (unpaired) electrons. The molecule has 0 unspecified atom stereocenters. The van der Waals surface area contributed by atoms with E-state index in [1.807, 2.05) is 67.6 Å². The molecule has 0 spiro atoms. The number of nitrogens with zero attached hydrogens (tertiary/aromatic N) is 3. The normalized spacial score (nSPS) is 11.9. The van der Waals surface area contributed by atoms with Crippen molar-refractivity contribution >= 4 is 5.91 Å². The van der Waals surface area contributed by atoms with Gasteiger partial charge in [-0.2, -0.15) is 0 Å². The number of nitrogens with one attached hydrogen (secondary N) is 1. The van der Waals surface area contributed by atoms with Crippen molar-refractivity contribution in [1.29, 1.82) is 0 Å². The third kappa shape index (κ3) is 3.94. The summed E-state index contributed by atoms with van der Waals surface area (Å²) in [5.74, 6) is 0.596. The number of hydrogen-bond acceptors (Lipinski definition) is 3. The Labute approximate surface area is 147 Å². The van der Waals surface area contributed by atoms with Crippen LogP contribution in [0.3, 0.4) is 0 Å². The molecule has 1 aromatic heterocycles. The quantitative estimate of drug-likeness (QED) is 0.745. The van der Waals surface area contributed by atoms with E-state index in [4.69, 9.17) is 0 Å². The zero-order valence-corrected chi connectivity index (χ0v) is 14.5. The van der Waals surface area contributed by atoms with Gasteiger partial charge in [0.2, 0.25) is 5.82 Å². The average Bonchev–Trinajstić information content (AvgIpc) is 3.09. The van der Waals surface area contributed by atoms with Gasteiger partial charge in [-0.05, 0) is 25.5 Å². The van der Waals surface area contributed by atoms with Gasteiger partial charge in [0.05, 0.1) is 5.69 Å². The highest BCUT2D eigenvalue weighted by Crippen LogP contribution is 2.21. The van der Waals surface area contributed by atoms with Crippen molar-refractivity contribution in [3.63, 3.8) is 0 Å². The fourth-order valence-electron chi connectivity index (χ4n) is 2.73. The standard InChI is InChI=1S/C20H22N4O/c1-3-10-15(2)21-20(25)18-22-19(16-11-6-4-7-12-16)24(23-18)17-13-8-5-9-14-17/h4-9,11-15H,3,10H2,1-2H3,(H,21,25)/t15-/m1/s1. The highest BCUT2D eigenvalue weighted by molar-refractivity contribution is 5.91. The maximum absolute atomic E-state index is 12.5. The summed E-state index contributed by atoms with van der Waals surface area (Å²) in [6.07, 6.45) is 1.94. The van der Waals surface area contributed by atoms with Crippen LogP contribution in [0.4, 0.5) is 0 Å². The Kier molecular flexibility index (Phi) is 5.23. The van der Waals surface area contributed by atoms with Gasteiger partial charge in [-0.3, -0.25) is 4.79 Å². The smallest absolute Gasteiger partial charge is 0.291 e. The molecule has 0 saturated heterocycles. The number of hydrogen-bond donors (Lipinski definition) is 1. The molecule has 1 heterocycles. The lowest BCUT2D eigenvalue weighted by Gasteiger charge is -2.10. The molecule has 3 aromatic rings. The van der Waals surface area contributed by atoms with E-state index in [0.717, 1.165) is 24.1 Å². The third-order valence-electron chi connectivity index (χ3n) is 3.94. The lowest BCUT2D eigenvalue weighted by molar-refractivity contribution is 0.0928. The minimum Gasteiger partial charge on any atom is -0.347 e. The molecule has 5 heteroatoms. The number of benzene rings is 2. The molecule has 1 N–H and O–H groups in total. The number of para-hydroxylation sites is 1. The van der Waals surface area contributed by atoms with Crippen LogP contribution in [0.5, 0.6) is 0 Å². The Balaban J connectivity index is 1.99. The van der Waals surface area contributed by atoms with Crippen molar-refractivity contribution in [2.75, 3.05) is 0 Å². The van der Waals surface area contributed by atoms with Gasteiger partial charge in [0, 0.05) is 11.6 Å². The van der Waals surface area contributed by atoms with E-state index in [-0.39, 0.29) is 17.8 Å². The molecule has 128 valence electrons. The summed E-state index contributed by atoms with van der Waals surface area (Å²) in [6, 6.07) is 19.6. The summed E-state index contributed by atoms with van der Waals surface area (Å²) in [5.41, 5.74) is 1.79. The van der Waals surface area contributed by atoms with Gasteiger partial charge in [0.25, 0.3) is 5.91 Å². The van der Waals surface area contributed by atoms with Gasteiger partial charge < -0.3 is 5.32 Å². The van der Waals surface area contributed by atoms with Crippen LogP contribution < -0.4 is 5.32 Å². The van der Waals surface area contributed by atoms with Gasteiger partial charge in [-0.25, -0.2) is 9.67 Å². The molecule has 0 bridgehead atoms. The van der Waals surface area contributed by atoms with E-state index in [9.17, 15) is 4.79 Å². The maximum atomic E-state index is 12.5. The zero-order valence-electron chi connectivity index (χ0n) is 14.5. The summed E-state index contributed by atoms with van der Waals surface area (Å²) in [5, 5.41) is 7.43. The van der Waals surface area contributed by atoms with Crippen LogP contribution in [0.1, 0.15) is 37.3 Å². The number of rotatable bonds is 6. The molecule has 5 nitrogen and oxygen atoms in total. The summed E-state index contributed by atoms with van der Waals surface area (Å²) < 4.78 is 1.72. The van der Waals surface area contributed by atoms with Crippen molar-refractivity contribution in [2.24, 2.45) is 0 Å². The monoisotopic (exact) mass is 334 g/mol. The molecule has 25 heavy (non-hydrogen) atoms. The molecule has 1 amide bonds. The van der Waals surface area contributed by atoms with Crippen LogP contribution in [-0.2, 0) is 0 Å².